The van der Waals surface area contributed by atoms with Crippen molar-refractivity contribution < 1.29 is 4.74 Å². The van der Waals surface area contributed by atoms with Crippen molar-refractivity contribution in [2.75, 3.05) is 23.7 Å². The van der Waals surface area contributed by atoms with E-state index in [-0.39, 0.29) is 12.0 Å². The predicted octanol–water partition coefficient (Wildman–Crippen LogP) is 1.09. The van der Waals surface area contributed by atoms with E-state index in [2.05, 4.69) is 20.9 Å². The zero-order valence-corrected chi connectivity index (χ0v) is 11.3. The van der Waals surface area contributed by atoms with Gasteiger partial charge < -0.3 is 15.4 Å². The maximum atomic E-state index is 5.65. The summed E-state index contributed by atoms with van der Waals surface area (Å²) in [6.45, 7) is 9.08. The number of nitrogen functional groups attached to an aromatic ring is 1. The van der Waals surface area contributed by atoms with Crippen LogP contribution in [-0.4, -0.2) is 33.6 Å². The number of hydrogen-bond donors (Lipinski definition) is 1. The molecule has 2 N–H and O–H groups in total. The molecule has 0 aliphatic carbocycles. The smallest absolute Gasteiger partial charge is 0.324 e. The van der Waals surface area contributed by atoms with E-state index in [9.17, 15) is 0 Å². The summed E-state index contributed by atoms with van der Waals surface area (Å²) in [4.78, 5) is 14.2. The molecule has 0 aromatic carbocycles. The zero-order valence-electron chi connectivity index (χ0n) is 11.3. The van der Waals surface area contributed by atoms with Crippen LogP contribution in [0.4, 0.5) is 11.9 Å². The van der Waals surface area contributed by atoms with Gasteiger partial charge in [-0.1, -0.05) is 5.92 Å². The SMILES string of the molecule is C#CC(C)(C)Oc1nc(N)nc(N(CC)CC)n1. The van der Waals surface area contributed by atoms with Crippen LogP contribution in [0.5, 0.6) is 6.01 Å². The lowest BCUT2D eigenvalue weighted by Crippen LogP contribution is -2.29. The molecule has 1 aromatic heterocycles. The Kier molecular flexibility index (Phi) is 4.32. The zero-order chi connectivity index (χ0) is 13.8. The van der Waals surface area contributed by atoms with Crippen LogP contribution < -0.4 is 15.4 Å². The molecular formula is C12H19N5O. The van der Waals surface area contributed by atoms with Gasteiger partial charge in [0.05, 0.1) is 0 Å². The molecular weight excluding hydrogens is 230 g/mol. The average Bonchev–Trinajstić information content (AvgIpc) is 2.29. The summed E-state index contributed by atoms with van der Waals surface area (Å²) in [7, 11) is 0. The third-order valence-corrected chi connectivity index (χ3v) is 2.36. The van der Waals surface area contributed by atoms with Gasteiger partial charge in [-0.25, -0.2) is 0 Å². The van der Waals surface area contributed by atoms with Crippen molar-refractivity contribution in [1.82, 2.24) is 15.0 Å². The highest BCUT2D eigenvalue weighted by atomic mass is 16.5. The maximum absolute atomic E-state index is 5.65. The molecule has 18 heavy (non-hydrogen) atoms. The summed E-state index contributed by atoms with van der Waals surface area (Å²) in [5, 5.41) is 0. The van der Waals surface area contributed by atoms with Crippen molar-refractivity contribution in [3.05, 3.63) is 0 Å². The highest BCUT2D eigenvalue weighted by molar-refractivity contribution is 5.35. The maximum Gasteiger partial charge on any atom is 0.324 e. The van der Waals surface area contributed by atoms with Crippen LogP contribution in [0.1, 0.15) is 27.7 Å². The summed E-state index contributed by atoms with van der Waals surface area (Å²) in [6, 6.07) is 0.146. The summed E-state index contributed by atoms with van der Waals surface area (Å²) in [5.41, 5.74) is 4.86. The Morgan fingerprint density at radius 1 is 1.28 bits per heavy atom. The molecule has 0 amide bonds. The summed E-state index contributed by atoms with van der Waals surface area (Å²) in [6.07, 6.45) is 5.35. The van der Waals surface area contributed by atoms with Crippen molar-refractivity contribution in [3.8, 4) is 18.4 Å². The number of aromatic nitrogens is 3. The van der Waals surface area contributed by atoms with Crippen molar-refractivity contribution in [1.29, 1.82) is 0 Å². The Balaban J connectivity index is 3.05. The lowest BCUT2D eigenvalue weighted by atomic mass is 10.2. The third kappa shape index (κ3) is 3.48. The highest BCUT2D eigenvalue weighted by Gasteiger charge is 2.19. The van der Waals surface area contributed by atoms with E-state index in [1.54, 1.807) is 13.8 Å². The van der Waals surface area contributed by atoms with E-state index >= 15 is 0 Å². The van der Waals surface area contributed by atoms with E-state index in [1.165, 1.54) is 0 Å². The molecule has 0 bridgehead atoms. The molecule has 0 aliphatic heterocycles. The van der Waals surface area contributed by atoms with E-state index < -0.39 is 5.60 Å². The van der Waals surface area contributed by atoms with Crippen molar-refractivity contribution in [3.63, 3.8) is 0 Å². The molecule has 6 nitrogen and oxygen atoms in total. The molecule has 0 aliphatic rings. The van der Waals surface area contributed by atoms with Crippen LogP contribution in [0.15, 0.2) is 0 Å². The standard InChI is InChI=1S/C12H19N5O/c1-6-12(4,5)18-11-15-9(13)14-10(16-11)17(7-2)8-3/h1H,7-8H2,2-5H3,(H2,13,14,15,16). The van der Waals surface area contributed by atoms with Crippen molar-refractivity contribution >= 4 is 11.9 Å². The molecule has 0 atom stereocenters. The third-order valence-electron chi connectivity index (χ3n) is 2.36. The molecule has 0 fully saturated rings. The number of nitrogens with zero attached hydrogens (tertiary/aromatic N) is 4. The van der Waals surface area contributed by atoms with E-state index in [1.807, 2.05) is 18.7 Å². The number of terminal acetylenes is 1. The monoisotopic (exact) mass is 249 g/mol. The van der Waals surface area contributed by atoms with Crippen LogP contribution >= 0.6 is 0 Å². The quantitative estimate of drug-likeness (QED) is 0.787. The molecule has 0 spiro atoms. The number of rotatable bonds is 5. The molecule has 0 unspecified atom stereocenters. The Morgan fingerprint density at radius 3 is 2.39 bits per heavy atom. The minimum absolute atomic E-state index is 0.120. The first kappa shape index (κ1) is 14.0. The molecule has 1 heterocycles. The second kappa shape index (κ2) is 5.54. The molecule has 0 saturated carbocycles. The van der Waals surface area contributed by atoms with Crippen LogP contribution in [0.3, 0.4) is 0 Å². The Hall–Kier alpha value is -2.03. The summed E-state index contributed by atoms with van der Waals surface area (Å²) < 4.78 is 5.51. The first-order valence-corrected chi connectivity index (χ1v) is 5.85. The number of ether oxygens (including phenoxy) is 1. The van der Waals surface area contributed by atoms with E-state index in [0.29, 0.717) is 5.95 Å². The van der Waals surface area contributed by atoms with E-state index in [0.717, 1.165) is 13.1 Å². The number of hydrogen-bond acceptors (Lipinski definition) is 6. The van der Waals surface area contributed by atoms with Gasteiger partial charge in [-0.15, -0.1) is 6.42 Å². The fourth-order valence-corrected chi connectivity index (χ4v) is 1.31. The fraction of sp³-hybridized carbons (Fsp3) is 0.583. The summed E-state index contributed by atoms with van der Waals surface area (Å²) >= 11 is 0. The highest BCUT2D eigenvalue weighted by Crippen LogP contribution is 2.17. The summed E-state index contributed by atoms with van der Waals surface area (Å²) in [5.74, 6) is 3.12. The molecule has 1 rings (SSSR count). The van der Waals surface area contributed by atoms with Gasteiger partial charge in [-0.05, 0) is 27.7 Å². The molecule has 98 valence electrons. The van der Waals surface area contributed by atoms with Gasteiger partial charge in [-0.2, -0.15) is 15.0 Å². The van der Waals surface area contributed by atoms with Crippen LogP contribution in [0, 0.1) is 12.3 Å². The lowest BCUT2D eigenvalue weighted by Gasteiger charge is -2.21. The first-order valence-electron chi connectivity index (χ1n) is 5.85. The van der Waals surface area contributed by atoms with Gasteiger partial charge in [0.15, 0.2) is 5.60 Å². The molecule has 1 aromatic rings. The molecule has 0 saturated heterocycles. The minimum Gasteiger partial charge on any atom is -0.444 e. The second-order valence-electron chi connectivity index (χ2n) is 4.21. The minimum atomic E-state index is -0.783. The fourth-order valence-electron chi connectivity index (χ4n) is 1.31. The average molecular weight is 249 g/mol. The predicted molar refractivity (Wildman–Crippen MR) is 71.3 cm³/mol. The Morgan fingerprint density at radius 2 is 1.89 bits per heavy atom. The number of nitrogens with two attached hydrogens (primary N) is 1. The van der Waals surface area contributed by atoms with Crippen LogP contribution in [-0.2, 0) is 0 Å². The first-order chi connectivity index (χ1) is 8.41. The molecule has 0 radical (unpaired) electrons. The normalized spacial score (nSPS) is 10.8. The Bertz CT molecular complexity index is 448. The van der Waals surface area contributed by atoms with Gasteiger partial charge in [0.1, 0.15) is 0 Å². The second-order valence-corrected chi connectivity index (χ2v) is 4.21. The van der Waals surface area contributed by atoms with Gasteiger partial charge in [0.2, 0.25) is 11.9 Å². The van der Waals surface area contributed by atoms with Crippen molar-refractivity contribution in [2.24, 2.45) is 0 Å². The lowest BCUT2D eigenvalue weighted by molar-refractivity contribution is 0.156. The van der Waals surface area contributed by atoms with E-state index in [4.69, 9.17) is 16.9 Å². The van der Waals surface area contributed by atoms with Gasteiger partial charge >= 0.3 is 6.01 Å². The number of anilines is 2. The van der Waals surface area contributed by atoms with Crippen LogP contribution in [0.2, 0.25) is 0 Å². The van der Waals surface area contributed by atoms with Gasteiger partial charge in [-0.3, -0.25) is 0 Å². The van der Waals surface area contributed by atoms with Gasteiger partial charge in [0, 0.05) is 13.1 Å². The topological polar surface area (TPSA) is 77.2 Å². The molecule has 6 heteroatoms. The van der Waals surface area contributed by atoms with Crippen LogP contribution in [0.25, 0.3) is 0 Å². The van der Waals surface area contributed by atoms with Gasteiger partial charge in [0.25, 0.3) is 0 Å². The Labute approximate surface area is 108 Å². The van der Waals surface area contributed by atoms with Crippen molar-refractivity contribution in [2.45, 2.75) is 33.3 Å². The largest absolute Gasteiger partial charge is 0.444 e.